The van der Waals surface area contributed by atoms with E-state index in [1.807, 2.05) is 25.1 Å². The number of ether oxygens (including phenoxy) is 1. The second kappa shape index (κ2) is 7.76. The number of anilines is 1. The molecule has 1 aromatic rings. The molecule has 1 rings (SSSR count). The Labute approximate surface area is 124 Å². The maximum absolute atomic E-state index is 11.6. The average Bonchev–Trinajstić information content (AvgIpc) is 2.28. The molecule has 1 aromatic carbocycles. The highest BCUT2D eigenvalue weighted by Crippen LogP contribution is 2.25. The van der Waals surface area contributed by atoms with Crippen LogP contribution in [0.4, 0.5) is 5.69 Å². The summed E-state index contributed by atoms with van der Waals surface area (Å²) in [6.45, 7) is 2.64. The van der Waals surface area contributed by atoms with E-state index < -0.39 is 0 Å². The third-order valence-electron chi connectivity index (χ3n) is 2.19. The first-order valence-corrected chi connectivity index (χ1v) is 7.08. The molecule has 1 amide bonds. The van der Waals surface area contributed by atoms with Gasteiger partial charge >= 0.3 is 0 Å². The predicted molar refractivity (Wildman–Crippen MR) is 79.8 cm³/mol. The van der Waals surface area contributed by atoms with Crippen LogP contribution in [0.25, 0.3) is 0 Å². The van der Waals surface area contributed by atoms with Crippen molar-refractivity contribution in [3.63, 3.8) is 0 Å². The number of carbonyl (C=O) groups is 1. The second-order valence-corrected chi connectivity index (χ2v) is 5.67. The molecule has 0 saturated heterocycles. The monoisotopic (exact) mass is 378 g/mol. The molecule has 0 bridgehead atoms. The Hall–Kier alpha value is -0.590. The zero-order valence-corrected chi connectivity index (χ0v) is 13.5. The smallest absolute Gasteiger partial charge is 0.239 e. The van der Waals surface area contributed by atoms with Crippen molar-refractivity contribution in [3.05, 3.63) is 27.1 Å². The Morgan fingerprint density at radius 1 is 1.44 bits per heavy atom. The molecule has 0 aromatic heterocycles. The molecule has 0 fully saturated rings. The van der Waals surface area contributed by atoms with Crippen LogP contribution < -0.4 is 10.6 Å². The van der Waals surface area contributed by atoms with Gasteiger partial charge in [0.2, 0.25) is 5.91 Å². The van der Waals surface area contributed by atoms with Crippen molar-refractivity contribution in [2.75, 3.05) is 25.6 Å². The lowest BCUT2D eigenvalue weighted by atomic mass is 10.3. The molecule has 1 atom stereocenters. The molecule has 2 N–H and O–H groups in total. The lowest BCUT2D eigenvalue weighted by Gasteiger charge is -2.14. The SMILES string of the molecule is COCC(C)NC(=O)CNc1ccc(Br)cc1Br. The van der Waals surface area contributed by atoms with Crippen LogP contribution in [0.2, 0.25) is 0 Å². The van der Waals surface area contributed by atoms with Crippen LogP contribution in [0.5, 0.6) is 0 Å². The molecule has 0 saturated carbocycles. The number of hydrogen-bond donors (Lipinski definition) is 2. The van der Waals surface area contributed by atoms with Gasteiger partial charge in [0.1, 0.15) is 0 Å². The van der Waals surface area contributed by atoms with Crippen LogP contribution in [0.3, 0.4) is 0 Å². The minimum atomic E-state index is -0.0608. The van der Waals surface area contributed by atoms with Gasteiger partial charge < -0.3 is 15.4 Å². The third kappa shape index (κ3) is 5.37. The molecular weight excluding hydrogens is 364 g/mol. The van der Waals surface area contributed by atoms with Gasteiger partial charge in [-0.3, -0.25) is 4.79 Å². The number of nitrogens with one attached hydrogen (secondary N) is 2. The van der Waals surface area contributed by atoms with Gasteiger partial charge in [0.25, 0.3) is 0 Å². The van der Waals surface area contributed by atoms with E-state index >= 15 is 0 Å². The maximum Gasteiger partial charge on any atom is 0.239 e. The van der Waals surface area contributed by atoms with Gasteiger partial charge in [-0.1, -0.05) is 15.9 Å². The van der Waals surface area contributed by atoms with Crippen LogP contribution in [-0.2, 0) is 9.53 Å². The molecule has 0 aliphatic heterocycles. The minimum Gasteiger partial charge on any atom is -0.383 e. The lowest BCUT2D eigenvalue weighted by Crippen LogP contribution is -2.39. The molecule has 100 valence electrons. The van der Waals surface area contributed by atoms with Gasteiger partial charge in [-0.2, -0.15) is 0 Å². The van der Waals surface area contributed by atoms with Gasteiger partial charge in [-0.25, -0.2) is 0 Å². The summed E-state index contributed by atoms with van der Waals surface area (Å²) in [7, 11) is 1.61. The highest BCUT2D eigenvalue weighted by molar-refractivity contribution is 9.11. The lowest BCUT2D eigenvalue weighted by molar-refractivity contribution is -0.120. The topological polar surface area (TPSA) is 50.4 Å². The summed E-state index contributed by atoms with van der Waals surface area (Å²) < 4.78 is 6.85. The predicted octanol–water partition coefficient (Wildman–Crippen LogP) is 2.77. The Balaban J connectivity index is 2.42. The quantitative estimate of drug-likeness (QED) is 0.798. The first kappa shape index (κ1) is 15.5. The van der Waals surface area contributed by atoms with Crippen molar-refractivity contribution >= 4 is 43.5 Å². The first-order chi connectivity index (χ1) is 8.52. The molecule has 4 nitrogen and oxygen atoms in total. The van der Waals surface area contributed by atoms with Gasteiger partial charge in [0, 0.05) is 27.8 Å². The molecule has 1 unspecified atom stereocenters. The van der Waals surface area contributed by atoms with Crippen molar-refractivity contribution < 1.29 is 9.53 Å². The van der Waals surface area contributed by atoms with E-state index in [9.17, 15) is 4.79 Å². The molecule has 0 heterocycles. The number of benzene rings is 1. The molecule has 0 aliphatic carbocycles. The van der Waals surface area contributed by atoms with E-state index in [2.05, 4.69) is 42.5 Å². The van der Waals surface area contributed by atoms with Gasteiger partial charge in [0.15, 0.2) is 0 Å². The van der Waals surface area contributed by atoms with Gasteiger partial charge in [-0.05, 0) is 41.1 Å². The highest BCUT2D eigenvalue weighted by Gasteiger charge is 2.07. The Bertz CT molecular complexity index is 413. The summed E-state index contributed by atoms with van der Waals surface area (Å²) in [4.78, 5) is 11.6. The van der Waals surface area contributed by atoms with E-state index in [0.29, 0.717) is 6.61 Å². The van der Waals surface area contributed by atoms with Crippen molar-refractivity contribution in [1.82, 2.24) is 5.32 Å². The van der Waals surface area contributed by atoms with Crippen LogP contribution >= 0.6 is 31.9 Å². The Morgan fingerprint density at radius 3 is 2.78 bits per heavy atom. The number of hydrogen-bond acceptors (Lipinski definition) is 3. The summed E-state index contributed by atoms with van der Waals surface area (Å²) in [6.07, 6.45) is 0. The number of halogens is 2. The summed E-state index contributed by atoms with van der Waals surface area (Å²) in [5.74, 6) is -0.0608. The van der Waals surface area contributed by atoms with Crippen LogP contribution in [-0.4, -0.2) is 32.2 Å². The van der Waals surface area contributed by atoms with E-state index in [4.69, 9.17) is 4.74 Å². The first-order valence-electron chi connectivity index (χ1n) is 5.50. The fourth-order valence-electron chi connectivity index (χ4n) is 1.43. The molecule has 0 radical (unpaired) electrons. The maximum atomic E-state index is 11.6. The second-order valence-electron chi connectivity index (χ2n) is 3.90. The Morgan fingerprint density at radius 2 is 2.17 bits per heavy atom. The minimum absolute atomic E-state index is 0.0117. The fraction of sp³-hybridized carbons (Fsp3) is 0.417. The largest absolute Gasteiger partial charge is 0.383 e. The van der Waals surface area contributed by atoms with Crippen molar-refractivity contribution in [3.8, 4) is 0 Å². The summed E-state index contributed by atoms with van der Waals surface area (Å²) in [5, 5.41) is 5.90. The van der Waals surface area contributed by atoms with Crippen molar-refractivity contribution in [1.29, 1.82) is 0 Å². The van der Waals surface area contributed by atoms with Crippen LogP contribution in [0.15, 0.2) is 27.1 Å². The summed E-state index contributed by atoms with van der Waals surface area (Å²) in [5.41, 5.74) is 0.882. The molecular formula is C12H16Br2N2O2. The number of amides is 1. The van der Waals surface area contributed by atoms with Crippen LogP contribution in [0.1, 0.15) is 6.92 Å². The van der Waals surface area contributed by atoms with Gasteiger partial charge in [0.05, 0.1) is 13.2 Å². The van der Waals surface area contributed by atoms with Crippen molar-refractivity contribution in [2.24, 2.45) is 0 Å². The van der Waals surface area contributed by atoms with Crippen molar-refractivity contribution in [2.45, 2.75) is 13.0 Å². The molecule has 0 aliphatic rings. The summed E-state index contributed by atoms with van der Waals surface area (Å²) >= 11 is 6.80. The zero-order valence-electron chi connectivity index (χ0n) is 10.3. The van der Waals surface area contributed by atoms with E-state index in [0.717, 1.165) is 14.6 Å². The van der Waals surface area contributed by atoms with E-state index in [-0.39, 0.29) is 18.5 Å². The third-order valence-corrected chi connectivity index (χ3v) is 3.34. The fourth-order valence-corrected chi connectivity index (χ4v) is 2.61. The van der Waals surface area contributed by atoms with E-state index in [1.54, 1.807) is 7.11 Å². The normalized spacial score (nSPS) is 12.0. The Kier molecular flexibility index (Phi) is 6.67. The van der Waals surface area contributed by atoms with Gasteiger partial charge in [-0.15, -0.1) is 0 Å². The number of rotatable bonds is 6. The molecule has 18 heavy (non-hydrogen) atoms. The molecule has 0 spiro atoms. The zero-order chi connectivity index (χ0) is 13.5. The molecule has 6 heteroatoms. The number of carbonyl (C=O) groups excluding carboxylic acids is 1. The average molecular weight is 380 g/mol. The van der Waals surface area contributed by atoms with E-state index in [1.165, 1.54) is 0 Å². The standard InChI is InChI=1S/C12H16Br2N2O2/c1-8(7-18-2)16-12(17)6-15-11-4-3-9(13)5-10(11)14/h3-5,8,15H,6-7H2,1-2H3,(H,16,17). The highest BCUT2D eigenvalue weighted by atomic mass is 79.9. The summed E-state index contributed by atoms with van der Waals surface area (Å²) in [6, 6.07) is 5.75. The number of methoxy groups -OCH3 is 1. The van der Waals surface area contributed by atoms with Crippen LogP contribution in [0, 0.1) is 0 Å².